The number of hydrogen-bond donors (Lipinski definition) is 1. The number of aliphatic carboxylic acids is 1. The van der Waals surface area contributed by atoms with Gasteiger partial charge in [-0.05, 0) is 43.6 Å². The van der Waals surface area contributed by atoms with E-state index in [1.165, 1.54) is 25.9 Å². The number of carboxylic acids is 1. The van der Waals surface area contributed by atoms with E-state index < -0.39 is 5.97 Å². The molecule has 1 spiro atoms. The van der Waals surface area contributed by atoms with Crippen molar-refractivity contribution in [3.63, 3.8) is 0 Å². The van der Waals surface area contributed by atoms with Gasteiger partial charge in [-0.25, -0.2) is 0 Å². The Labute approximate surface area is 128 Å². The fourth-order valence-corrected chi connectivity index (χ4v) is 3.83. The Hall–Kier alpha value is -0.610. The minimum absolute atomic E-state index is 0.191. The Balaban J connectivity index is 1.73. The van der Waals surface area contributed by atoms with Gasteiger partial charge in [-0.3, -0.25) is 4.79 Å². The van der Waals surface area contributed by atoms with Crippen LogP contribution in [0.15, 0.2) is 0 Å². The van der Waals surface area contributed by atoms with Gasteiger partial charge in [0.05, 0.1) is 0 Å². The van der Waals surface area contributed by atoms with E-state index in [0.717, 1.165) is 32.6 Å². The molecule has 2 aliphatic rings. The molecule has 1 atom stereocenters. The smallest absolute Gasteiger partial charge is 0.303 e. The second-order valence-corrected chi connectivity index (χ2v) is 8.11. The fourth-order valence-electron chi connectivity index (χ4n) is 3.83. The zero-order chi connectivity index (χ0) is 15.5. The largest absolute Gasteiger partial charge is 0.481 e. The van der Waals surface area contributed by atoms with Crippen LogP contribution in [0.4, 0.5) is 0 Å². The van der Waals surface area contributed by atoms with Gasteiger partial charge < -0.3 is 14.7 Å². The first-order chi connectivity index (χ1) is 9.81. The van der Waals surface area contributed by atoms with Gasteiger partial charge in [-0.1, -0.05) is 20.8 Å². The third kappa shape index (κ3) is 4.68. The zero-order valence-corrected chi connectivity index (χ0v) is 13.9. The molecule has 0 radical (unpaired) electrons. The molecule has 4 heteroatoms. The van der Waals surface area contributed by atoms with E-state index in [2.05, 4.69) is 25.7 Å². The number of ether oxygens (including phenoxy) is 1. The average molecular weight is 297 g/mol. The number of likely N-dealkylation sites (tertiary alicyclic amines) is 1. The third-order valence-corrected chi connectivity index (χ3v) is 5.40. The highest BCUT2D eigenvalue weighted by Crippen LogP contribution is 2.40. The van der Waals surface area contributed by atoms with Crippen LogP contribution in [0.5, 0.6) is 0 Å². The summed E-state index contributed by atoms with van der Waals surface area (Å²) in [5, 5.41) is 8.91. The SMILES string of the molecule is CC(C)(C)C(CCC(=O)O)CCN1CC2(CCOCC2)C1. The van der Waals surface area contributed by atoms with Gasteiger partial charge >= 0.3 is 5.97 Å². The van der Waals surface area contributed by atoms with Crippen LogP contribution in [-0.4, -0.2) is 48.8 Å². The molecule has 1 N–H and O–H groups in total. The Bertz CT molecular complexity index is 348. The van der Waals surface area contributed by atoms with Crippen molar-refractivity contribution in [1.29, 1.82) is 0 Å². The Morgan fingerprint density at radius 3 is 2.38 bits per heavy atom. The van der Waals surface area contributed by atoms with Gasteiger partial charge in [0.2, 0.25) is 0 Å². The lowest BCUT2D eigenvalue weighted by molar-refractivity contribution is -0.137. The maximum Gasteiger partial charge on any atom is 0.303 e. The summed E-state index contributed by atoms with van der Waals surface area (Å²) in [5.74, 6) is -0.186. The molecule has 0 aliphatic carbocycles. The van der Waals surface area contributed by atoms with Crippen molar-refractivity contribution >= 4 is 5.97 Å². The number of rotatable bonds is 6. The molecule has 0 bridgehead atoms. The normalized spacial score (nSPS) is 23.8. The van der Waals surface area contributed by atoms with Gasteiger partial charge in [-0.15, -0.1) is 0 Å². The highest BCUT2D eigenvalue weighted by molar-refractivity contribution is 5.66. The van der Waals surface area contributed by atoms with Crippen molar-refractivity contribution in [2.75, 3.05) is 32.8 Å². The number of carboxylic acid groups (broad SMARTS) is 1. The Morgan fingerprint density at radius 2 is 1.86 bits per heavy atom. The maximum absolute atomic E-state index is 10.8. The molecule has 2 aliphatic heterocycles. The molecule has 4 nitrogen and oxygen atoms in total. The molecule has 0 aromatic rings. The van der Waals surface area contributed by atoms with Crippen molar-refractivity contribution in [2.24, 2.45) is 16.7 Å². The van der Waals surface area contributed by atoms with Crippen molar-refractivity contribution in [1.82, 2.24) is 4.90 Å². The van der Waals surface area contributed by atoms with E-state index in [9.17, 15) is 4.79 Å². The van der Waals surface area contributed by atoms with Crippen molar-refractivity contribution < 1.29 is 14.6 Å². The molecule has 2 rings (SSSR count). The first kappa shape index (κ1) is 16.8. The molecular formula is C17H31NO3. The fraction of sp³-hybridized carbons (Fsp3) is 0.941. The predicted molar refractivity (Wildman–Crippen MR) is 83.4 cm³/mol. The van der Waals surface area contributed by atoms with Crippen molar-refractivity contribution in [2.45, 2.75) is 52.9 Å². The minimum atomic E-state index is -0.672. The Morgan fingerprint density at radius 1 is 1.24 bits per heavy atom. The molecule has 1 unspecified atom stereocenters. The second kappa shape index (κ2) is 6.66. The van der Waals surface area contributed by atoms with E-state index in [-0.39, 0.29) is 5.41 Å². The highest BCUT2D eigenvalue weighted by Gasteiger charge is 2.43. The summed E-state index contributed by atoms with van der Waals surface area (Å²) < 4.78 is 5.46. The number of nitrogens with zero attached hydrogens (tertiary/aromatic N) is 1. The van der Waals surface area contributed by atoms with Gasteiger partial charge in [0.25, 0.3) is 0 Å². The molecular weight excluding hydrogens is 266 g/mol. The molecule has 2 saturated heterocycles. The predicted octanol–water partition coefficient (Wildman–Crippen LogP) is 3.02. The Kier molecular flexibility index (Phi) is 5.31. The first-order valence-corrected chi connectivity index (χ1v) is 8.33. The molecule has 0 saturated carbocycles. The third-order valence-electron chi connectivity index (χ3n) is 5.40. The summed E-state index contributed by atoms with van der Waals surface area (Å²) in [6.07, 6.45) is 4.63. The lowest BCUT2D eigenvalue weighted by Gasteiger charge is -2.53. The molecule has 21 heavy (non-hydrogen) atoms. The standard InChI is InChI=1S/C17H31NO3/c1-16(2,3)14(4-5-15(19)20)6-9-18-12-17(13-18)7-10-21-11-8-17/h14H,4-13H2,1-3H3,(H,19,20). The summed E-state index contributed by atoms with van der Waals surface area (Å²) in [6.45, 7) is 12.1. The molecule has 0 aromatic carbocycles. The van der Waals surface area contributed by atoms with Crippen LogP contribution in [0.25, 0.3) is 0 Å². The summed E-state index contributed by atoms with van der Waals surface area (Å²) in [5.41, 5.74) is 0.729. The van der Waals surface area contributed by atoms with Crippen LogP contribution >= 0.6 is 0 Å². The van der Waals surface area contributed by atoms with Crippen molar-refractivity contribution in [3.8, 4) is 0 Å². The molecule has 2 fully saturated rings. The topological polar surface area (TPSA) is 49.8 Å². The van der Waals surface area contributed by atoms with E-state index >= 15 is 0 Å². The second-order valence-electron chi connectivity index (χ2n) is 8.11. The average Bonchev–Trinajstić information content (AvgIpc) is 2.35. The molecule has 2 heterocycles. The van der Waals surface area contributed by atoms with E-state index in [0.29, 0.717) is 17.8 Å². The summed E-state index contributed by atoms with van der Waals surface area (Å²) >= 11 is 0. The highest BCUT2D eigenvalue weighted by atomic mass is 16.5. The van der Waals surface area contributed by atoms with Crippen LogP contribution in [0.2, 0.25) is 0 Å². The van der Waals surface area contributed by atoms with Crippen LogP contribution in [0.3, 0.4) is 0 Å². The van der Waals surface area contributed by atoms with E-state index in [1.54, 1.807) is 0 Å². The van der Waals surface area contributed by atoms with Gasteiger partial charge in [-0.2, -0.15) is 0 Å². The van der Waals surface area contributed by atoms with Crippen LogP contribution in [0, 0.1) is 16.7 Å². The number of hydrogen-bond acceptors (Lipinski definition) is 3. The lowest BCUT2D eigenvalue weighted by atomic mass is 9.72. The molecule has 0 aromatic heterocycles. The van der Waals surface area contributed by atoms with Gasteiger partial charge in [0.1, 0.15) is 0 Å². The van der Waals surface area contributed by atoms with Gasteiger partial charge in [0, 0.05) is 38.1 Å². The van der Waals surface area contributed by atoms with Gasteiger partial charge in [0.15, 0.2) is 0 Å². The van der Waals surface area contributed by atoms with E-state index in [4.69, 9.17) is 9.84 Å². The number of carbonyl (C=O) groups is 1. The van der Waals surface area contributed by atoms with Crippen molar-refractivity contribution in [3.05, 3.63) is 0 Å². The molecule has 122 valence electrons. The monoisotopic (exact) mass is 297 g/mol. The summed E-state index contributed by atoms with van der Waals surface area (Å²) in [7, 11) is 0. The van der Waals surface area contributed by atoms with Crippen LogP contribution in [0.1, 0.15) is 52.9 Å². The molecule has 0 amide bonds. The quantitative estimate of drug-likeness (QED) is 0.819. The minimum Gasteiger partial charge on any atom is -0.481 e. The maximum atomic E-state index is 10.8. The first-order valence-electron chi connectivity index (χ1n) is 8.33. The van der Waals surface area contributed by atoms with E-state index in [1.807, 2.05) is 0 Å². The van der Waals surface area contributed by atoms with Crippen LogP contribution in [-0.2, 0) is 9.53 Å². The summed E-state index contributed by atoms with van der Waals surface area (Å²) in [6, 6.07) is 0. The summed E-state index contributed by atoms with van der Waals surface area (Å²) in [4.78, 5) is 13.4. The zero-order valence-electron chi connectivity index (χ0n) is 13.9. The lowest BCUT2D eigenvalue weighted by Crippen LogP contribution is -2.58. The van der Waals surface area contributed by atoms with Crippen LogP contribution < -0.4 is 0 Å².